The predicted molar refractivity (Wildman–Crippen MR) is 71.3 cm³/mol. The van der Waals surface area contributed by atoms with Crippen molar-refractivity contribution in [3.8, 4) is 0 Å². The van der Waals surface area contributed by atoms with Gasteiger partial charge in [-0.05, 0) is 53.1 Å². The van der Waals surface area contributed by atoms with E-state index in [0.29, 0.717) is 11.5 Å². The van der Waals surface area contributed by atoms with E-state index in [4.69, 9.17) is 0 Å². The summed E-state index contributed by atoms with van der Waals surface area (Å²) in [6.45, 7) is 11.5. The summed E-state index contributed by atoms with van der Waals surface area (Å²) in [6, 6.07) is 0. The maximum atomic E-state index is 4.52. The predicted octanol–water partition coefficient (Wildman–Crippen LogP) is 2.95. The summed E-state index contributed by atoms with van der Waals surface area (Å²) in [5, 5.41) is 0. The molecule has 0 aromatic carbocycles. The molecule has 0 saturated carbocycles. The molecule has 1 aliphatic rings. The molecule has 3 nitrogen and oxygen atoms in total. The van der Waals surface area contributed by atoms with E-state index >= 15 is 0 Å². The van der Waals surface area contributed by atoms with Crippen LogP contribution in [0.4, 0.5) is 0 Å². The number of hydrogen-bond donors (Lipinski definition) is 1. The molecule has 0 unspecified atom stereocenters. The summed E-state index contributed by atoms with van der Waals surface area (Å²) in [5.74, 6) is 1.84. The van der Waals surface area contributed by atoms with Crippen LogP contribution in [0.15, 0.2) is 6.20 Å². The third-order valence-corrected chi connectivity index (χ3v) is 3.86. The summed E-state index contributed by atoms with van der Waals surface area (Å²) in [6.07, 6.45) is 5.50. The molecule has 0 bridgehead atoms. The zero-order valence-electron chi connectivity index (χ0n) is 11.6. The molecule has 2 heterocycles. The standard InChI is InChI=1S/C14H25N3/c1-5-12-10-15-13(16-12)11-6-8-17(9-7-11)14(2,3)4/h10-11H,5-9H2,1-4H3,(H,15,16). The van der Waals surface area contributed by atoms with Crippen molar-refractivity contribution in [2.24, 2.45) is 0 Å². The Hall–Kier alpha value is -0.830. The van der Waals surface area contributed by atoms with Gasteiger partial charge in [-0.15, -0.1) is 0 Å². The van der Waals surface area contributed by atoms with Crippen molar-refractivity contribution in [2.45, 2.75) is 58.4 Å². The number of nitrogens with zero attached hydrogens (tertiary/aromatic N) is 2. The normalized spacial score (nSPS) is 19.8. The van der Waals surface area contributed by atoms with Gasteiger partial charge in [0.25, 0.3) is 0 Å². The Balaban J connectivity index is 1.95. The molecule has 2 rings (SSSR count). The second-order valence-electron chi connectivity index (χ2n) is 6.08. The van der Waals surface area contributed by atoms with Gasteiger partial charge in [-0.3, -0.25) is 4.90 Å². The van der Waals surface area contributed by atoms with Gasteiger partial charge in [-0.1, -0.05) is 6.92 Å². The summed E-state index contributed by atoms with van der Waals surface area (Å²) in [7, 11) is 0. The lowest BCUT2D eigenvalue weighted by atomic mass is 9.92. The highest BCUT2D eigenvalue weighted by atomic mass is 15.2. The van der Waals surface area contributed by atoms with Crippen LogP contribution in [0.5, 0.6) is 0 Å². The minimum Gasteiger partial charge on any atom is -0.346 e. The first-order chi connectivity index (χ1) is 8.00. The highest BCUT2D eigenvalue weighted by Gasteiger charge is 2.28. The Bertz CT molecular complexity index is 354. The van der Waals surface area contributed by atoms with E-state index < -0.39 is 0 Å². The van der Waals surface area contributed by atoms with E-state index in [2.05, 4.69) is 42.6 Å². The van der Waals surface area contributed by atoms with Gasteiger partial charge in [0.05, 0.1) is 0 Å². The minimum atomic E-state index is 0.308. The van der Waals surface area contributed by atoms with E-state index in [9.17, 15) is 0 Å². The van der Waals surface area contributed by atoms with Crippen LogP contribution in [0.25, 0.3) is 0 Å². The maximum Gasteiger partial charge on any atom is 0.109 e. The van der Waals surface area contributed by atoms with E-state index in [1.807, 2.05) is 6.20 Å². The first-order valence-corrected chi connectivity index (χ1v) is 6.79. The molecule has 0 atom stereocenters. The number of hydrogen-bond acceptors (Lipinski definition) is 2. The summed E-state index contributed by atoms with van der Waals surface area (Å²) in [5.41, 5.74) is 1.57. The van der Waals surface area contributed by atoms with Crippen molar-refractivity contribution >= 4 is 0 Å². The van der Waals surface area contributed by atoms with Gasteiger partial charge in [-0.2, -0.15) is 0 Å². The van der Waals surface area contributed by atoms with Crippen LogP contribution in [0.1, 0.15) is 58.0 Å². The van der Waals surface area contributed by atoms with Crippen molar-refractivity contribution in [3.05, 3.63) is 17.7 Å². The van der Waals surface area contributed by atoms with Crippen LogP contribution < -0.4 is 0 Å². The number of rotatable bonds is 2. The fourth-order valence-corrected chi connectivity index (χ4v) is 2.59. The Labute approximate surface area is 105 Å². The number of nitrogens with one attached hydrogen (secondary N) is 1. The largest absolute Gasteiger partial charge is 0.346 e. The number of H-pyrrole nitrogens is 1. The minimum absolute atomic E-state index is 0.308. The average Bonchev–Trinajstić information content (AvgIpc) is 2.76. The molecule has 0 aliphatic carbocycles. The lowest BCUT2D eigenvalue weighted by Gasteiger charge is -2.40. The zero-order chi connectivity index (χ0) is 12.5. The Morgan fingerprint density at radius 2 is 2.00 bits per heavy atom. The molecule has 3 heteroatoms. The topological polar surface area (TPSA) is 31.9 Å². The Kier molecular flexibility index (Phi) is 3.57. The highest BCUT2D eigenvalue weighted by Crippen LogP contribution is 2.29. The van der Waals surface area contributed by atoms with Crippen LogP contribution in [-0.4, -0.2) is 33.5 Å². The van der Waals surface area contributed by atoms with Crippen LogP contribution in [-0.2, 0) is 6.42 Å². The molecular weight excluding hydrogens is 210 g/mol. The molecule has 1 saturated heterocycles. The second kappa shape index (κ2) is 4.81. The number of aryl methyl sites for hydroxylation is 1. The second-order valence-corrected chi connectivity index (χ2v) is 6.08. The third-order valence-electron chi connectivity index (χ3n) is 3.86. The summed E-state index contributed by atoms with van der Waals surface area (Å²) in [4.78, 5) is 10.6. The lowest BCUT2D eigenvalue weighted by molar-refractivity contribution is 0.101. The number of piperidine rings is 1. The van der Waals surface area contributed by atoms with Gasteiger partial charge in [0.15, 0.2) is 0 Å². The lowest BCUT2D eigenvalue weighted by Crippen LogP contribution is -2.45. The smallest absolute Gasteiger partial charge is 0.109 e. The molecule has 17 heavy (non-hydrogen) atoms. The van der Waals surface area contributed by atoms with Gasteiger partial charge in [0, 0.05) is 23.3 Å². The highest BCUT2D eigenvalue weighted by molar-refractivity contribution is 5.06. The fraction of sp³-hybridized carbons (Fsp3) is 0.786. The summed E-state index contributed by atoms with van der Waals surface area (Å²) >= 11 is 0. The SMILES string of the molecule is CCc1cnc(C2CCN(C(C)(C)C)CC2)[nH]1. The van der Waals surface area contributed by atoms with Crippen molar-refractivity contribution in [1.29, 1.82) is 0 Å². The molecule has 1 N–H and O–H groups in total. The Morgan fingerprint density at radius 1 is 1.35 bits per heavy atom. The van der Waals surface area contributed by atoms with Gasteiger partial charge in [-0.25, -0.2) is 4.98 Å². The molecule has 1 aromatic rings. The van der Waals surface area contributed by atoms with E-state index in [1.54, 1.807) is 0 Å². The van der Waals surface area contributed by atoms with Crippen LogP contribution in [0, 0.1) is 0 Å². The first-order valence-electron chi connectivity index (χ1n) is 6.79. The van der Waals surface area contributed by atoms with Gasteiger partial charge >= 0.3 is 0 Å². The van der Waals surface area contributed by atoms with Crippen LogP contribution >= 0.6 is 0 Å². The molecule has 1 fully saturated rings. The van der Waals surface area contributed by atoms with Crippen LogP contribution in [0.2, 0.25) is 0 Å². The van der Waals surface area contributed by atoms with Gasteiger partial charge < -0.3 is 4.98 Å². The van der Waals surface area contributed by atoms with E-state index in [1.165, 1.54) is 37.4 Å². The monoisotopic (exact) mass is 235 g/mol. The average molecular weight is 235 g/mol. The first kappa shape index (κ1) is 12.6. The van der Waals surface area contributed by atoms with E-state index in [0.717, 1.165) is 6.42 Å². The summed E-state index contributed by atoms with van der Waals surface area (Å²) < 4.78 is 0. The zero-order valence-corrected chi connectivity index (χ0v) is 11.6. The third kappa shape index (κ3) is 2.89. The van der Waals surface area contributed by atoms with E-state index in [-0.39, 0.29) is 0 Å². The molecule has 96 valence electrons. The number of imidazole rings is 1. The van der Waals surface area contributed by atoms with Crippen molar-refractivity contribution < 1.29 is 0 Å². The molecule has 1 aliphatic heterocycles. The fourth-order valence-electron chi connectivity index (χ4n) is 2.59. The number of likely N-dealkylation sites (tertiary alicyclic amines) is 1. The van der Waals surface area contributed by atoms with Gasteiger partial charge in [0.1, 0.15) is 5.82 Å². The maximum absolute atomic E-state index is 4.52. The quantitative estimate of drug-likeness (QED) is 0.854. The molecule has 0 radical (unpaired) electrons. The number of aromatic amines is 1. The molecular formula is C14H25N3. The number of aromatic nitrogens is 2. The van der Waals surface area contributed by atoms with Crippen molar-refractivity contribution in [3.63, 3.8) is 0 Å². The van der Waals surface area contributed by atoms with Crippen molar-refractivity contribution in [2.75, 3.05) is 13.1 Å². The molecule has 1 aromatic heterocycles. The van der Waals surface area contributed by atoms with Crippen LogP contribution in [0.3, 0.4) is 0 Å². The van der Waals surface area contributed by atoms with Crippen molar-refractivity contribution in [1.82, 2.24) is 14.9 Å². The molecule has 0 spiro atoms. The molecule has 0 amide bonds. The Morgan fingerprint density at radius 3 is 2.47 bits per heavy atom. The van der Waals surface area contributed by atoms with Gasteiger partial charge in [0.2, 0.25) is 0 Å².